The van der Waals surface area contributed by atoms with Gasteiger partial charge >= 0.3 is 0 Å². The third-order valence-electron chi connectivity index (χ3n) is 2.09. The first-order valence-corrected chi connectivity index (χ1v) is 4.28. The average molecular weight is 159 g/mol. The molecular weight excluding hydrogens is 138 g/mol. The quantitative estimate of drug-likeness (QED) is 0.571. The molecule has 68 valence electrons. The van der Waals surface area contributed by atoms with Crippen LogP contribution >= 0.6 is 0 Å². The number of hydrogen-bond donors (Lipinski definition) is 0. The first-order chi connectivity index (χ1) is 4.98. The molecule has 11 heavy (non-hydrogen) atoms. The first-order valence-electron chi connectivity index (χ1n) is 4.28. The van der Waals surface area contributed by atoms with Crippen LogP contribution in [0.2, 0.25) is 0 Å². The Morgan fingerprint density at radius 1 is 1.27 bits per heavy atom. The maximum Gasteiger partial charge on any atom is 0.0689 e. The van der Waals surface area contributed by atoms with Crippen molar-refractivity contribution in [3.05, 3.63) is 0 Å². The van der Waals surface area contributed by atoms with E-state index < -0.39 is 0 Å². The van der Waals surface area contributed by atoms with E-state index in [2.05, 4.69) is 20.8 Å². The second kappa shape index (κ2) is 4.73. The molecule has 0 aromatic rings. The van der Waals surface area contributed by atoms with Crippen LogP contribution in [0.1, 0.15) is 33.6 Å². The lowest BCUT2D eigenvalue weighted by molar-refractivity contribution is -0.126. The second-order valence-electron chi connectivity index (χ2n) is 3.91. The van der Waals surface area contributed by atoms with Gasteiger partial charge in [-0.25, -0.2) is 0 Å². The van der Waals surface area contributed by atoms with Gasteiger partial charge in [0.1, 0.15) is 0 Å². The first kappa shape index (κ1) is 10.9. The fourth-order valence-corrected chi connectivity index (χ4v) is 0.681. The minimum atomic E-state index is 0.427. The summed E-state index contributed by atoms with van der Waals surface area (Å²) in [5.74, 6) is 0. The van der Waals surface area contributed by atoms with Crippen LogP contribution in [-0.2, 0) is 4.84 Å². The van der Waals surface area contributed by atoms with Crippen molar-refractivity contribution in [2.24, 2.45) is 5.41 Å². The Bertz CT molecular complexity index is 99.7. The predicted octanol–water partition coefficient (Wildman–Crippen LogP) is 2.31. The fourth-order valence-electron chi connectivity index (χ4n) is 0.681. The molecule has 0 aromatic heterocycles. The van der Waals surface area contributed by atoms with Crippen LogP contribution in [0.5, 0.6) is 0 Å². The molecule has 0 rings (SSSR count). The summed E-state index contributed by atoms with van der Waals surface area (Å²) < 4.78 is 0. The summed E-state index contributed by atoms with van der Waals surface area (Å²) in [7, 11) is 3.83. The number of rotatable bonds is 5. The number of nitrogens with zero attached hydrogens (tertiary/aromatic N) is 1. The van der Waals surface area contributed by atoms with Gasteiger partial charge in [0.15, 0.2) is 0 Å². The van der Waals surface area contributed by atoms with Crippen molar-refractivity contribution in [3.8, 4) is 0 Å². The maximum atomic E-state index is 5.31. The molecule has 0 amide bonds. The summed E-state index contributed by atoms with van der Waals surface area (Å²) in [6, 6.07) is 0. The monoisotopic (exact) mass is 159 g/mol. The molecule has 0 N–H and O–H groups in total. The van der Waals surface area contributed by atoms with Gasteiger partial charge in [0.05, 0.1) is 6.61 Å². The van der Waals surface area contributed by atoms with Crippen LogP contribution in [0.3, 0.4) is 0 Å². The van der Waals surface area contributed by atoms with Crippen molar-refractivity contribution < 1.29 is 4.84 Å². The van der Waals surface area contributed by atoms with E-state index in [0.717, 1.165) is 13.0 Å². The third kappa shape index (κ3) is 6.32. The van der Waals surface area contributed by atoms with Crippen molar-refractivity contribution in [1.82, 2.24) is 5.06 Å². The molecular formula is C9H21NO. The van der Waals surface area contributed by atoms with Crippen LogP contribution in [0.4, 0.5) is 0 Å². The molecule has 0 fully saturated rings. The van der Waals surface area contributed by atoms with Gasteiger partial charge in [0, 0.05) is 14.1 Å². The standard InChI is InChI=1S/C9H21NO/c1-6-9(2,3)7-8-11-10(4)5/h6-8H2,1-5H3. The van der Waals surface area contributed by atoms with Crippen LogP contribution in [0.25, 0.3) is 0 Å². The molecule has 0 heterocycles. The molecule has 0 saturated heterocycles. The Kier molecular flexibility index (Phi) is 4.69. The zero-order chi connectivity index (χ0) is 8.91. The minimum absolute atomic E-state index is 0.427. The molecule has 0 saturated carbocycles. The molecule has 0 bridgehead atoms. The van der Waals surface area contributed by atoms with Gasteiger partial charge in [-0.05, 0) is 11.8 Å². The summed E-state index contributed by atoms with van der Waals surface area (Å²) in [4.78, 5) is 5.31. The Labute approximate surface area is 70.5 Å². The molecule has 0 radical (unpaired) electrons. The molecule has 2 nitrogen and oxygen atoms in total. The van der Waals surface area contributed by atoms with Crippen molar-refractivity contribution in [2.75, 3.05) is 20.7 Å². The van der Waals surface area contributed by atoms with E-state index in [1.807, 2.05) is 14.1 Å². The molecule has 0 aliphatic carbocycles. The molecule has 0 aromatic carbocycles. The fraction of sp³-hybridized carbons (Fsp3) is 1.00. The van der Waals surface area contributed by atoms with E-state index in [9.17, 15) is 0 Å². The van der Waals surface area contributed by atoms with Gasteiger partial charge in [-0.3, -0.25) is 4.84 Å². The van der Waals surface area contributed by atoms with E-state index in [1.165, 1.54) is 6.42 Å². The predicted molar refractivity (Wildman–Crippen MR) is 48.3 cm³/mol. The van der Waals surface area contributed by atoms with E-state index >= 15 is 0 Å². The van der Waals surface area contributed by atoms with E-state index in [1.54, 1.807) is 5.06 Å². The van der Waals surface area contributed by atoms with Gasteiger partial charge in [-0.15, -0.1) is 0 Å². The zero-order valence-electron chi connectivity index (χ0n) is 8.48. The van der Waals surface area contributed by atoms with Crippen LogP contribution in [0, 0.1) is 5.41 Å². The van der Waals surface area contributed by atoms with Crippen LogP contribution < -0.4 is 0 Å². The second-order valence-corrected chi connectivity index (χ2v) is 3.91. The van der Waals surface area contributed by atoms with Gasteiger partial charge in [0.2, 0.25) is 0 Å². The SMILES string of the molecule is CCC(C)(C)CCON(C)C. The molecule has 0 spiro atoms. The van der Waals surface area contributed by atoms with Crippen LogP contribution in [0.15, 0.2) is 0 Å². The van der Waals surface area contributed by atoms with Crippen molar-refractivity contribution in [1.29, 1.82) is 0 Å². The van der Waals surface area contributed by atoms with E-state index in [0.29, 0.717) is 5.41 Å². The Morgan fingerprint density at radius 3 is 2.18 bits per heavy atom. The normalized spacial score (nSPS) is 12.5. The third-order valence-corrected chi connectivity index (χ3v) is 2.09. The van der Waals surface area contributed by atoms with E-state index in [-0.39, 0.29) is 0 Å². The van der Waals surface area contributed by atoms with Gasteiger partial charge in [0.25, 0.3) is 0 Å². The molecule has 0 atom stereocenters. The summed E-state index contributed by atoms with van der Waals surface area (Å²) >= 11 is 0. The molecule has 2 heteroatoms. The Morgan fingerprint density at radius 2 is 1.82 bits per heavy atom. The molecule has 0 aliphatic rings. The minimum Gasteiger partial charge on any atom is -0.300 e. The lowest BCUT2D eigenvalue weighted by Gasteiger charge is -2.22. The van der Waals surface area contributed by atoms with Crippen molar-refractivity contribution in [3.63, 3.8) is 0 Å². The highest BCUT2D eigenvalue weighted by Gasteiger charge is 2.14. The lowest BCUT2D eigenvalue weighted by atomic mass is 9.87. The van der Waals surface area contributed by atoms with Gasteiger partial charge in [-0.1, -0.05) is 27.2 Å². The molecule has 0 aliphatic heterocycles. The maximum absolute atomic E-state index is 5.31. The average Bonchev–Trinajstić information content (AvgIpc) is 1.87. The lowest BCUT2D eigenvalue weighted by Crippen LogP contribution is -2.18. The summed E-state index contributed by atoms with van der Waals surface area (Å²) in [5.41, 5.74) is 0.427. The van der Waals surface area contributed by atoms with Gasteiger partial charge in [-0.2, -0.15) is 5.06 Å². The van der Waals surface area contributed by atoms with Crippen molar-refractivity contribution in [2.45, 2.75) is 33.6 Å². The Balaban J connectivity index is 3.38. The smallest absolute Gasteiger partial charge is 0.0689 e. The topological polar surface area (TPSA) is 12.5 Å². The zero-order valence-corrected chi connectivity index (χ0v) is 8.48. The van der Waals surface area contributed by atoms with E-state index in [4.69, 9.17) is 4.84 Å². The largest absolute Gasteiger partial charge is 0.300 e. The highest BCUT2D eigenvalue weighted by Crippen LogP contribution is 2.23. The number of hydroxylamine groups is 2. The summed E-state index contributed by atoms with van der Waals surface area (Å²) in [6.07, 6.45) is 2.34. The summed E-state index contributed by atoms with van der Waals surface area (Å²) in [5, 5.41) is 1.76. The van der Waals surface area contributed by atoms with Gasteiger partial charge < -0.3 is 0 Å². The van der Waals surface area contributed by atoms with Crippen molar-refractivity contribution >= 4 is 0 Å². The van der Waals surface area contributed by atoms with Crippen LogP contribution in [-0.4, -0.2) is 25.8 Å². The highest BCUT2D eigenvalue weighted by atomic mass is 16.7. The highest BCUT2D eigenvalue weighted by molar-refractivity contribution is 4.64. The molecule has 0 unspecified atom stereocenters. The Hall–Kier alpha value is -0.0800. The summed E-state index contributed by atoms with van der Waals surface area (Å²) in [6.45, 7) is 7.58. The number of hydrogen-bond acceptors (Lipinski definition) is 2.